The molecule has 0 aliphatic carbocycles. The number of hydrogen-bond donors (Lipinski definition) is 1. The highest BCUT2D eigenvalue weighted by atomic mass is 16.6. The molecule has 100 valence electrons. The Bertz CT molecular complexity index is 400. The third-order valence-electron chi connectivity index (χ3n) is 2.77. The molecule has 1 aromatic heterocycles. The maximum atomic E-state index is 5.91. The molecule has 2 rings (SSSR count). The van der Waals surface area contributed by atoms with Gasteiger partial charge in [0.15, 0.2) is 0 Å². The fraction of sp³-hybridized carbons (Fsp3) is 0.692. The van der Waals surface area contributed by atoms with Gasteiger partial charge in [-0.15, -0.1) is 0 Å². The van der Waals surface area contributed by atoms with E-state index in [1.165, 1.54) is 0 Å². The predicted molar refractivity (Wildman–Crippen MR) is 68.8 cm³/mol. The lowest BCUT2D eigenvalue weighted by molar-refractivity contribution is -0.107. The van der Waals surface area contributed by atoms with Crippen molar-refractivity contribution in [2.24, 2.45) is 0 Å². The van der Waals surface area contributed by atoms with Crippen LogP contribution in [0, 0.1) is 13.8 Å². The average molecular weight is 251 g/mol. The van der Waals surface area contributed by atoms with Crippen LogP contribution in [0.25, 0.3) is 0 Å². The molecule has 1 atom stereocenters. The monoisotopic (exact) mass is 251 g/mol. The lowest BCUT2D eigenvalue weighted by Gasteiger charge is -2.36. The second-order valence-electron chi connectivity index (χ2n) is 5.37. The highest BCUT2D eigenvalue weighted by Crippen LogP contribution is 2.16. The first-order valence-corrected chi connectivity index (χ1v) is 6.28. The first-order valence-electron chi connectivity index (χ1n) is 6.28. The number of morpholine rings is 1. The van der Waals surface area contributed by atoms with Crippen molar-refractivity contribution in [3.8, 4) is 6.01 Å². The molecule has 1 aromatic rings. The molecule has 0 spiro atoms. The number of rotatable bonds is 3. The third-order valence-corrected chi connectivity index (χ3v) is 2.77. The SMILES string of the molecule is Cc1cc(C)nc(OCC2CNCC(C)(C)O2)n1. The van der Waals surface area contributed by atoms with Crippen LogP contribution in [0.5, 0.6) is 6.01 Å². The number of hydrogen-bond acceptors (Lipinski definition) is 5. The van der Waals surface area contributed by atoms with Crippen molar-refractivity contribution in [3.63, 3.8) is 0 Å². The number of ether oxygens (including phenoxy) is 2. The lowest BCUT2D eigenvalue weighted by Crippen LogP contribution is -2.52. The highest BCUT2D eigenvalue weighted by molar-refractivity contribution is 5.11. The predicted octanol–water partition coefficient (Wildman–Crippen LogP) is 1.24. The molecule has 1 saturated heterocycles. The normalized spacial score (nSPS) is 22.8. The Balaban J connectivity index is 1.91. The van der Waals surface area contributed by atoms with Gasteiger partial charge in [-0.1, -0.05) is 0 Å². The minimum Gasteiger partial charge on any atom is -0.461 e. The first-order chi connectivity index (χ1) is 8.44. The molecule has 0 radical (unpaired) electrons. The van der Waals surface area contributed by atoms with E-state index in [4.69, 9.17) is 9.47 Å². The zero-order valence-corrected chi connectivity index (χ0v) is 11.5. The Hall–Kier alpha value is -1.20. The molecule has 0 saturated carbocycles. The van der Waals surface area contributed by atoms with Crippen LogP contribution in [0.4, 0.5) is 0 Å². The maximum Gasteiger partial charge on any atom is 0.316 e. The first kappa shape index (κ1) is 13.2. The van der Waals surface area contributed by atoms with Gasteiger partial charge in [0.1, 0.15) is 12.7 Å². The summed E-state index contributed by atoms with van der Waals surface area (Å²) in [4.78, 5) is 8.49. The van der Waals surface area contributed by atoms with Gasteiger partial charge in [-0.3, -0.25) is 0 Å². The number of aryl methyl sites for hydroxylation is 2. The van der Waals surface area contributed by atoms with Crippen molar-refractivity contribution >= 4 is 0 Å². The molecular weight excluding hydrogens is 230 g/mol. The molecule has 18 heavy (non-hydrogen) atoms. The smallest absolute Gasteiger partial charge is 0.316 e. The second kappa shape index (κ2) is 5.20. The molecule has 0 aromatic carbocycles. The van der Waals surface area contributed by atoms with Crippen LogP contribution >= 0.6 is 0 Å². The number of nitrogens with one attached hydrogen (secondary N) is 1. The van der Waals surface area contributed by atoms with E-state index in [0.29, 0.717) is 12.6 Å². The van der Waals surface area contributed by atoms with E-state index in [9.17, 15) is 0 Å². The second-order valence-corrected chi connectivity index (χ2v) is 5.37. The van der Waals surface area contributed by atoms with Crippen LogP contribution in [-0.4, -0.2) is 41.4 Å². The molecule has 2 heterocycles. The Morgan fingerprint density at radius 1 is 1.39 bits per heavy atom. The summed E-state index contributed by atoms with van der Waals surface area (Å²) in [6.45, 7) is 10.1. The van der Waals surface area contributed by atoms with Gasteiger partial charge in [0.05, 0.1) is 5.60 Å². The molecule has 1 N–H and O–H groups in total. The van der Waals surface area contributed by atoms with Crippen molar-refractivity contribution in [1.82, 2.24) is 15.3 Å². The summed E-state index contributed by atoms with van der Waals surface area (Å²) in [5.41, 5.74) is 1.69. The summed E-state index contributed by atoms with van der Waals surface area (Å²) in [5.74, 6) is 0. The largest absolute Gasteiger partial charge is 0.461 e. The fourth-order valence-electron chi connectivity index (χ4n) is 2.09. The fourth-order valence-corrected chi connectivity index (χ4v) is 2.09. The minimum atomic E-state index is -0.143. The van der Waals surface area contributed by atoms with E-state index < -0.39 is 0 Å². The Morgan fingerprint density at radius 2 is 2.06 bits per heavy atom. The van der Waals surface area contributed by atoms with Gasteiger partial charge < -0.3 is 14.8 Å². The molecular formula is C13H21N3O2. The van der Waals surface area contributed by atoms with Crippen molar-refractivity contribution in [3.05, 3.63) is 17.5 Å². The summed E-state index contributed by atoms with van der Waals surface area (Å²) in [6.07, 6.45) is 0.0400. The van der Waals surface area contributed by atoms with Crippen molar-refractivity contribution < 1.29 is 9.47 Å². The van der Waals surface area contributed by atoms with Crippen LogP contribution < -0.4 is 10.1 Å². The topological polar surface area (TPSA) is 56.3 Å². The Kier molecular flexibility index (Phi) is 3.82. The summed E-state index contributed by atoms with van der Waals surface area (Å²) in [5, 5.41) is 3.34. The van der Waals surface area contributed by atoms with E-state index in [0.717, 1.165) is 24.5 Å². The van der Waals surface area contributed by atoms with Gasteiger partial charge in [0.2, 0.25) is 0 Å². The molecule has 0 amide bonds. The maximum absolute atomic E-state index is 5.91. The van der Waals surface area contributed by atoms with Crippen LogP contribution in [0.3, 0.4) is 0 Å². The van der Waals surface area contributed by atoms with Crippen LogP contribution in [0.2, 0.25) is 0 Å². The Labute approximate surface area is 108 Å². The third kappa shape index (κ3) is 3.65. The summed E-state index contributed by atoms with van der Waals surface area (Å²) in [6, 6.07) is 2.36. The lowest BCUT2D eigenvalue weighted by atomic mass is 10.1. The van der Waals surface area contributed by atoms with Crippen molar-refractivity contribution in [1.29, 1.82) is 0 Å². The molecule has 0 bridgehead atoms. The summed E-state index contributed by atoms with van der Waals surface area (Å²) < 4.78 is 11.5. The molecule has 1 fully saturated rings. The van der Waals surface area contributed by atoms with Gasteiger partial charge in [-0.05, 0) is 33.8 Å². The molecule has 1 aliphatic rings. The van der Waals surface area contributed by atoms with Gasteiger partial charge in [-0.2, -0.15) is 0 Å². The van der Waals surface area contributed by atoms with Crippen molar-refractivity contribution in [2.45, 2.75) is 39.4 Å². The van der Waals surface area contributed by atoms with E-state index >= 15 is 0 Å². The summed E-state index contributed by atoms with van der Waals surface area (Å²) in [7, 11) is 0. The van der Waals surface area contributed by atoms with Gasteiger partial charge in [-0.25, -0.2) is 9.97 Å². The van der Waals surface area contributed by atoms with Gasteiger partial charge >= 0.3 is 6.01 Å². The van der Waals surface area contributed by atoms with Crippen LogP contribution in [0.15, 0.2) is 6.07 Å². The average Bonchev–Trinajstić information content (AvgIpc) is 2.24. The standard InChI is InChI=1S/C13H21N3O2/c1-9-5-10(2)16-12(15-9)17-7-11-6-14-8-13(3,4)18-11/h5,11,14H,6-8H2,1-4H3. The minimum absolute atomic E-state index is 0.0400. The Morgan fingerprint density at radius 3 is 2.67 bits per heavy atom. The van der Waals surface area contributed by atoms with Gasteiger partial charge in [0.25, 0.3) is 0 Å². The quantitative estimate of drug-likeness (QED) is 0.876. The van der Waals surface area contributed by atoms with E-state index in [1.54, 1.807) is 0 Å². The van der Waals surface area contributed by atoms with Crippen molar-refractivity contribution in [2.75, 3.05) is 19.7 Å². The van der Waals surface area contributed by atoms with Crippen LogP contribution in [-0.2, 0) is 4.74 Å². The zero-order chi connectivity index (χ0) is 13.2. The van der Waals surface area contributed by atoms with Crippen LogP contribution in [0.1, 0.15) is 25.2 Å². The molecule has 1 unspecified atom stereocenters. The zero-order valence-electron chi connectivity index (χ0n) is 11.5. The van der Waals surface area contributed by atoms with E-state index in [1.807, 2.05) is 19.9 Å². The number of aromatic nitrogens is 2. The summed E-state index contributed by atoms with van der Waals surface area (Å²) >= 11 is 0. The molecule has 1 aliphatic heterocycles. The highest BCUT2D eigenvalue weighted by Gasteiger charge is 2.28. The van der Waals surface area contributed by atoms with Gasteiger partial charge in [0, 0.05) is 24.5 Å². The van der Waals surface area contributed by atoms with E-state index in [-0.39, 0.29) is 11.7 Å². The molecule has 5 heteroatoms. The molecule has 5 nitrogen and oxygen atoms in total. The van der Waals surface area contributed by atoms with E-state index in [2.05, 4.69) is 29.1 Å². The number of nitrogens with zero attached hydrogens (tertiary/aromatic N) is 2.